The smallest absolute Gasteiger partial charge is 0.305 e. The second kappa shape index (κ2) is 11.4. The fourth-order valence-corrected chi connectivity index (χ4v) is 1.60. The monoisotopic (exact) mass is 296 g/mol. The third-order valence-electron chi connectivity index (χ3n) is 2.16. The standard InChI is InChI=1S/C11H21BrO4/c12-7-5-3-1-2-4-6-11(15)16-9-10(14)8-13/h10,13-14H,1-9H2. The zero-order valence-electron chi connectivity index (χ0n) is 9.53. The number of carbonyl (C=O) groups excluding carboxylic acids is 1. The van der Waals surface area contributed by atoms with E-state index < -0.39 is 6.10 Å². The molecule has 0 aliphatic carbocycles. The van der Waals surface area contributed by atoms with Crippen LogP contribution in [0.25, 0.3) is 0 Å². The highest BCUT2D eigenvalue weighted by atomic mass is 79.9. The highest BCUT2D eigenvalue weighted by molar-refractivity contribution is 9.09. The zero-order valence-corrected chi connectivity index (χ0v) is 11.1. The molecule has 0 aromatic heterocycles. The lowest BCUT2D eigenvalue weighted by Gasteiger charge is -2.08. The van der Waals surface area contributed by atoms with Crippen LogP contribution in [-0.4, -0.2) is 40.8 Å². The lowest BCUT2D eigenvalue weighted by atomic mass is 10.1. The van der Waals surface area contributed by atoms with Crippen LogP contribution < -0.4 is 0 Å². The van der Waals surface area contributed by atoms with Crippen LogP contribution in [0.4, 0.5) is 0 Å². The number of carbonyl (C=O) groups is 1. The van der Waals surface area contributed by atoms with Crippen LogP contribution in [0.2, 0.25) is 0 Å². The minimum Gasteiger partial charge on any atom is -0.463 e. The number of alkyl halides is 1. The highest BCUT2D eigenvalue weighted by Gasteiger charge is 2.07. The van der Waals surface area contributed by atoms with Gasteiger partial charge in [0.15, 0.2) is 0 Å². The van der Waals surface area contributed by atoms with Gasteiger partial charge in [-0.25, -0.2) is 0 Å². The van der Waals surface area contributed by atoms with E-state index in [0.717, 1.165) is 24.6 Å². The molecular weight excluding hydrogens is 276 g/mol. The summed E-state index contributed by atoms with van der Waals surface area (Å²) in [5.41, 5.74) is 0. The summed E-state index contributed by atoms with van der Waals surface area (Å²) in [4.78, 5) is 11.1. The van der Waals surface area contributed by atoms with Crippen molar-refractivity contribution < 1.29 is 19.7 Å². The maximum atomic E-state index is 11.1. The van der Waals surface area contributed by atoms with Gasteiger partial charge in [0.25, 0.3) is 0 Å². The third kappa shape index (κ3) is 10.4. The number of hydrogen-bond donors (Lipinski definition) is 2. The lowest BCUT2D eigenvalue weighted by molar-refractivity contribution is -0.147. The van der Waals surface area contributed by atoms with Crippen molar-refractivity contribution in [3.63, 3.8) is 0 Å². The first kappa shape index (κ1) is 15.9. The van der Waals surface area contributed by atoms with Crippen molar-refractivity contribution in [1.29, 1.82) is 0 Å². The molecule has 0 rings (SSSR count). The Morgan fingerprint density at radius 1 is 1.19 bits per heavy atom. The van der Waals surface area contributed by atoms with E-state index in [9.17, 15) is 4.79 Å². The molecule has 0 saturated heterocycles. The van der Waals surface area contributed by atoms with Gasteiger partial charge >= 0.3 is 5.97 Å². The van der Waals surface area contributed by atoms with Crippen molar-refractivity contribution in [3.8, 4) is 0 Å². The van der Waals surface area contributed by atoms with Gasteiger partial charge in [0, 0.05) is 11.8 Å². The van der Waals surface area contributed by atoms with E-state index in [4.69, 9.17) is 14.9 Å². The summed E-state index contributed by atoms with van der Waals surface area (Å²) in [5, 5.41) is 18.5. The summed E-state index contributed by atoms with van der Waals surface area (Å²) >= 11 is 3.36. The van der Waals surface area contributed by atoms with Crippen LogP contribution in [0, 0.1) is 0 Å². The lowest BCUT2D eigenvalue weighted by Crippen LogP contribution is -2.21. The molecular formula is C11H21BrO4. The summed E-state index contributed by atoms with van der Waals surface area (Å²) in [6.07, 6.45) is 4.80. The Kier molecular flexibility index (Phi) is 11.3. The molecule has 16 heavy (non-hydrogen) atoms. The van der Waals surface area contributed by atoms with E-state index in [1.165, 1.54) is 12.8 Å². The Balaban J connectivity index is 3.24. The minimum atomic E-state index is -0.956. The maximum absolute atomic E-state index is 11.1. The summed E-state index contributed by atoms with van der Waals surface area (Å²) in [7, 11) is 0. The number of unbranched alkanes of at least 4 members (excludes halogenated alkanes) is 4. The molecule has 5 heteroatoms. The topological polar surface area (TPSA) is 66.8 Å². The normalized spacial score (nSPS) is 12.4. The molecule has 0 saturated carbocycles. The van der Waals surface area contributed by atoms with Crippen LogP contribution >= 0.6 is 15.9 Å². The molecule has 0 spiro atoms. The quantitative estimate of drug-likeness (QED) is 0.365. The zero-order chi connectivity index (χ0) is 12.2. The first-order valence-electron chi connectivity index (χ1n) is 5.71. The molecule has 0 amide bonds. The van der Waals surface area contributed by atoms with Crippen LogP contribution in [0.1, 0.15) is 38.5 Å². The van der Waals surface area contributed by atoms with E-state index in [0.29, 0.717) is 6.42 Å². The second-order valence-corrected chi connectivity index (χ2v) is 4.52. The minimum absolute atomic E-state index is 0.112. The Morgan fingerprint density at radius 3 is 2.44 bits per heavy atom. The van der Waals surface area contributed by atoms with E-state index in [1.54, 1.807) is 0 Å². The van der Waals surface area contributed by atoms with E-state index in [2.05, 4.69) is 15.9 Å². The number of hydrogen-bond acceptors (Lipinski definition) is 4. The van der Waals surface area contributed by atoms with E-state index in [-0.39, 0.29) is 19.2 Å². The van der Waals surface area contributed by atoms with Crippen molar-refractivity contribution in [2.24, 2.45) is 0 Å². The SMILES string of the molecule is O=C(CCCCCCCBr)OCC(O)CO. The number of halogens is 1. The van der Waals surface area contributed by atoms with Gasteiger partial charge in [-0.15, -0.1) is 0 Å². The molecule has 1 unspecified atom stereocenters. The number of ether oxygens (including phenoxy) is 1. The Hall–Kier alpha value is -0.130. The summed E-state index contributed by atoms with van der Waals surface area (Å²) in [5.74, 6) is -0.298. The van der Waals surface area contributed by atoms with Crippen molar-refractivity contribution in [3.05, 3.63) is 0 Å². The molecule has 2 N–H and O–H groups in total. The molecule has 4 nitrogen and oxygen atoms in total. The maximum Gasteiger partial charge on any atom is 0.305 e. The molecule has 0 aliphatic rings. The third-order valence-corrected chi connectivity index (χ3v) is 2.72. The Labute approximate surface area is 105 Å². The average molecular weight is 297 g/mol. The largest absolute Gasteiger partial charge is 0.463 e. The van der Waals surface area contributed by atoms with Crippen molar-refractivity contribution >= 4 is 21.9 Å². The van der Waals surface area contributed by atoms with E-state index in [1.807, 2.05) is 0 Å². The highest BCUT2D eigenvalue weighted by Crippen LogP contribution is 2.07. The predicted molar refractivity (Wildman–Crippen MR) is 65.5 cm³/mol. The van der Waals surface area contributed by atoms with Gasteiger partial charge < -0.3 is 14.9 Å². The fraction of sp³-hybridized carbons (Fsp3) is 0.909. The number of aliphatic hydroxyl groups is 2. The first-order chi connectivity index (χ1) is 7.70. The van der Waals surface area contributed by atoms with Gasteiger partial charge in [-0.05, 0) is 12.8 Å². The molecule has 0 radical (unpaired) electrons. The molecule has 96 valence electrons. The van der Waals surface area contributed by atoms with Crippen LogP contribution in [0.3, 0.4) is 0 Å². The van der Waals surface area contributed by atoms with Gasteiger partial charge in [-0.3, -0.25) is 4.79 Å². The van der Waals surface area contributed by atoms with Crippen LogP contribution in [0.5, 0.6) is 0 Å². The molecule has 0 fully saturated rings. The summed E-state index contributed by atoms with van der Waals surface area (Å²) in [6, 6.07) is 0. The Bertz CT molecular complexity index is 175. The molecule has 0 aromatic rings. The van der Waals surface area contributed by atoms with E-state index >= 15 is 0 Å². The molecule has 1 atom stereocenters. The molecule has 0 heterocycles. The van der Waals surface area contributed by atoms with Crippen molar-refractivity contribution in [1.82, 2.24) is 0 Å². The fourth-order valence-electron chi connectivity index (χ4n) is 1.21. The van der Waals surface area contributed by atoms with Gasteiger partial charge in [0.1, 0.15) is 12.7 Å². The second-order valence-electron chi connectivity index (χ2n) is 3.73. The summed E-state index contributed by atoms with van der Waals surface area (Å²) < 4.78 is 4.77. The van der Waals surface area contributed by atoms with Gasteiger partial charge in [0.2, 0.25) is 0 Å². The average Bonchev–Trinajstić information content (AvgIpc) is 2.30. The van der Waals surface area contributed by atoms with Gasteiger partial charge in [-0.1, -0.05) is 35.2 Å². The Morgan fingerprint density at radius 2 is 1.81 bits per heavy atom. The molecule has 0 bridgehead atoms. The molecule has 0 aliphatic heterocycles. The summed E-state index contributed by atoms with van der Waals surface area (Å²) in [6.45, 7) is -0.487. The van der Waals surface area contributed by atoms with Gasteiger partial charge in [0.05, 0.1) is 6.61 Å². The number of rotatable bonds is 10. The number of aliphatic hydroxyl groups excluding tert-OH is 2. The van der Waals surface area contributed by atoms with Gasteiger partial charge in [-0.2, -0.15) is 0 Å². The molecule has 0 aromatic carbocycles. The van der Waals surface area contributed by atoms with Crippen molar-refractivity contribution in [2.75, 3.05) is 18.5 Å². The van der Waals surface area contributed by atoms with Crippen molar-refractivity contribution in [2.45, 2.75) is 44.6 Å². The predicted octanol–water partition coefficient (Wildman–Crippen LogP) is 1.62. The van der Waals surface area contributed by atoms with Crippen LogP contribution in [0.15, 0.2) is 0 Å². The number of esters is 1. The van der Waals surface area contributed by atoms with Crippen LogP contribution in [-0.2, 0) is 9.53 Å². The first-order valence-corrected chi connectivity index (χ1v) is 6.83.